The molecule has 0 aromatic rings. The Bertz CT molecular complexity index is 117. The summed E-state index contributed by atoms with van der Waals surface area (Å²) in [5, 5.41) is 7.29. The molecule has 1 aliphatic heterocycles. The molecule has 0 unspecified atom stereocenters. The minimum Gasteiger partial charge on any atom is -0.482 e. The van der Waals surface area contributed by atoms with Crippen LogP contribution < -0.4 is 0 Å². The molecular formula is C5H9NO4. The van der Waals surface area contributed by atoms with E-state index in [1.165, 1.54) is 6.40 Å². The van der Waals surface area contributed by atoms with Crippen molar-refractivity contribution in [3.63, 3.8) is 0 Å². The number of hydrogen-bond acceptors (Lipinski definition) is 5. The molecule has 58 valence electrons. The van der Waals surface area contributed by atoms with Gasteiger partial charge in [-0.15, -0.1) is 0 Å². The lowest BCUT2D eigenvalue weighted by Gasteiger charge is -1.76. The fourth-order valence-electron chi connectivity index (χ4n) is 0.264. The first kappa shape index (κ1) is 8.90. The molecule has 1 heterocycles. The number of nitrogens with zero attached hydrogens (tertiary/aromatic N) is 1. The van der Waals surface area contributed by atoms with E-state index < -0.39 is 5.97 Å². The summed E-state index contributed by atoms with van der Waals surface area (Å²) < 4.78 is 4.65. The molecule has 5 heteroatoms. The molecule has 10 heavy (non-hydrogen) atoms. The van der Waals surface area contributed by atoms with Crippen LogP contribution in [0.2, 0.25) is 0 Å². The first-order valence-electron chi connectivity index (χ1n) is 2.69. The summed E-state index contributed by atoms with van der Waals surface area (Å²) in [6.45, 7) is 2.74. The fraction of sp³-hybridized carbons (Fsp3) is 0.600. The molecule has 0 radical (unpaired) electrons. The molecule has 0 atom stereocenters. The number of carbonyl (C=O) groups is 1. The second kappa shape index (κ2) is 6.03. The number of ether oxygens (including phenoxy) is 1. The molecule has 1 rings (SSSR count). The van der Waals surface area contributed by atoms with Gasteiger partial charge in [-0.25, -0.2) is 4.79 Å². The van der Waals surface area contributed by atoms with Crippen molar-refractivity contribution < 1.29 is 19.7 Å². The molecule has 1 aliphatic rings. The molecule has 1 N–H and O–H groups in total. The van der Waals surface area contributed by atoms with Crippen LogP contribution in [0.15, 0.2) is 4.99 Å². The van der Waals surface area contributed by atoms with Crippen molar-refractivity contribution in [2.45, 2.75) is 6.92 Å². The zero-order chi connectivity index (χ0) is 7.82. The third kappa shape index (κ3) is 6.90. The highest BCUT2D eigenvalue weighted by atomic mass is 17.1. The Morgan fingerprint density at radius 2 is 2.50 bits per heavy atom. The van der Waals surface area contributed by atoms with Gasteiger partial charge in [-0.3, -0.25) is 4.99 Å². The standard InChI is InChI=1S/C3H5NO.C2H4O3/c1-2-5-3-4-1;1-2(3)5-4/h3H,1-2H2;4H,1H3. The van der Waals surface area contributed by atoms with E-state index in [9.17, 15) is 4.79 Å². The van der Waals surface area contributed by atoms with Gasteiger partial charge in [0.25, 0.3) is 0 Å². The maximum atomic E-state index is 9.34. The molecule has 0 amide bonds. The van der Waals surface area contributed by atoms with Gasteiger partial charge in [0.05, 0.1) is 6.54 Å². The maximum absolute atomic E-state index is 9.34. The maximum Gasteiger partial charge on any atom is 0.339 e. The van der Waals surface area contributed by atoms with Gasteiger partial charge in [0.15, 0.2) is 6.40 Å². The summed E-state index contributed by atoms with van der Waals surface area (Å²) in [6.07, 6.45) is 1.49. The molecule has 5 nitrogen and oxygen atoms in total. The molecule has 0 saturated heterocycles. The Kier molecular flexibility index (Phi) is 5.36. The second-order valence-electron chi connectivity index (χ2n) is 1.47. The summed E-state index contributed by atoms with van der Waals surface area (Å²) in [7, 11) is 0. The van der Waals surface area contributed by atoms with E-state index >= 15 is 0 Å². The van der Waals surface area contributed by atoms with E-state index in [0.717, 1.165) is 20.1 Å². The predicted molar refractivity (Wildman–Crippen MR) is 33.7 cm³/mol. The predicted octanol–water partition coefficient (Wildman–Crippen LogP) is 0.0674. The summed E-state index contributed by atoms with van der Waals surface area (Å²) in [6, 6.07) is 0. The Morgan fingerprint density at radius 3 is 2.60 bits per heavy atom. The van der Waals surface area contributed by atoms with Crippen LogP contribution in [0.4, 0.5) is 0 Å². The minimum absolute atomic E-state index is 0.690. The minimum atomic E-state index is -0.690. The molecule has 0 bridgehead atoms. The monoisotopic (exact) mass is 147 g/mol. The topological polar surface area (TPSA) is 68.1 Å². The van der Waals surface area contributed by atoms with Crippen LogP contribution >= 0.6 is 0 Å². The normalized spacial score (nSPS) is 13.0. The smallest absolute Gasteiger partial charge is 0.339 e. The first-order valence-corrected chi connectivity index (χ1v) is 2.69. The lowest BCUT2D eigenvalue weighted by Crippen LogP contribution is -1.89. The van der Waals surface area contributed by atoms with Crippen molar-refractivity contribution >= 4 is 12.4 Å². The zero-order valence-corrected chi connectivity index (χ0v) is 5.61. The largest absolute Gasteiger partial charge is 0.482 e. The van der Waals surface area contributed by atoms with Crippen molar-refractivity contribution in [2.24, 2.45) is 4.99 Å². The van der Waals surface area contributed by atoms with Crippen molar-refractivity contribution in [3.05, 3.63) is 0 Å². The van der Waals surface area contributed by atoms with Crippen molar-refractivity contribution in [2.75, 3.05) is 13.2 Å². The highest BCUT2D eigenvalue weighted by molar-refractivity contribution is 5.64. The average Bonchev–Trinajstić information content (AvgIpc) is 2.43. The van der Waals surface area contributed by atoms with Gasteiger partial charge in [-0.05, 0) is 0 Å². The van der Waals surface area contributed by atoms with Gasteiger partial charge < -0.3 is 9.62 Å². The summed E-state index contributed by atoms with van der Waals surface area (Å²) >= 11 is 0. The summed E-state index contributed by atoms with van der Waals surface area (Å²) in [5.41, 5.74) is 0. The number of hydrogen-bond donors (Lipinski definition) is 1. The van der Waals surface area contributed by atoms with Crippen LogP contribution in [0.5, 0.6) is 0 Å². The lowest BCUT2D eigenvalue weighted by atomic mass is 10.8. The highest BCUT2D eigenvalue weighted by Gasteiger charge is 1.84. The van der Waals surface area contributed by atoms with Gasteiger partial charge in [0.1, 0.15) is 6.61 Å². The third-order valence-corrected chi connectivity index (χ3v) is 0.616. The van der Waals surface area contributed by atoms with E-state index in [4.69, 9.17) is 5.26 Å². The van der Waals surface area contributed by atoms with Crippen LogP contribution in [-0.4, -0.2) is 30.8 Å². The second-order valence-corrected chi connectivity index (χ2v) is 1.47. The van der Waals surface area contributed by atoms with Crippen LogP contribution in [0.25, 0.3) is 0 Å². The molecule has 0 aromatic heterocycles. The van der Waals surface area contributed by atoms with Crippen molar-refractivity contribution in [3.8, 4) is 0 Å². The van der Waals surface area contributed by atoms with Gasteiger partial charge in [0, 0.05) is 6.92 Å². The fourth-order valence-corrected chi connectivity index (χ4v) is 0.264. The first-order chi connectivity index (χ1) is 4.77. The molecule has 0 saturated carbocycles. The Hall–Kier alpha value is -1.10. The highest BCUT2D eigenvalue weighted by Crippen LogP contribution is 1.78. The summed E-state index contributed by atoms with van der Waals surface area (Å²) in [4.78, 5) is 16.2. The van der Waals surface area contributed by atoms with Crippen LogP contribution in [0, 0.1) is 0 Å². The Balaban J connectivity index is 0.000000162. The molecular weight excluding hydrogens is 138 g/mol. The van der Waals surface area contributed by atoms with Gasteiger partial charge in [-0.2, -0.15) is 5.26 Å². The van der Waals surface area contributed by atoms with E-state index in [-0.39, 0.29) is 0 Å². The lowest BCUT2D eigenvalue weighted by molar-refractivity contribution is -0.231. The molecule has 0 aliphatic carbocycles. The third-order valence-electron chi connectivity index (χ3n) is 0.616. The van der Waals surface area contributed by atoms with Crippen LogP contribution in [0.3, 0.4) is 0 Å². The molecule has 0 aromatic carbocycles. The summed E-state index contributed by atoms with van der Waals surface area (Å²) in [5.74, 6) is -0.690. The van der Waals surface area contributed by atoms with Crippen molar-refractivity contribution in [1.29, 1.82) is 0 Å². The quantitative estimate of drug-likeness (QED) is 0.389. The van der Waals surface area contributed by atoms with Crippen LogP contribution in [-0.2, 0) is 14.4 Å². The van der Waals surface area contributed by atoms with E-state index in [0.29, 0.717) is 0 Å². The van der Waals surface area contributed by atoms with E-state index in [1.807, 2.05) is 0 Å². The van der Waals surface area contributed by atoms with Crippen molar-refractivity contribution in [1.82, 2.24) is 0 Å². The van der Waals surface area contributed by atoms with Gasteiger partial charge >= 0.3 is 5.97 Å². The number of rotatable bonds is 0. The Morgan fingerprint density at radius 1 is 1.90 bits per heavy atom. The average molecular weight is 147 g/mol. The molecule has 0 spiro atoms. The molecule has 0 fully saturated rings. The van der Waals surface area contributed by atoms with Crippen LogP contribution in [0.1, 0.15) is 6.92 Å². The van der Waals surface area contributed by atoms with E-state index in [1.54, 1.807) is 0 Å². The van der Waals surface area contributed by atoms with Gasteiger partial charge in [0.2, 0.25) is 0 Å². The SMILES string of the molecule is C1=NCCO1.CC(=O)OO. The van der Waals surface area contributed by atoms with E-state index in [2.05, 4.69) is 14.6 Å². The number of carbonyl (C=O) groups excluding carboxylic acids is 1. The Labute approximate surface area is 58.2 Å². The number of aliphatic imine (C=N–C) groups is 1. The zero-order valence-electron chi connectivity index (χ0n) is 5.61. The van der Waals surface area contributed by atoms with Gasteiger partial charge in [-0.1, -0.05) is 0 Å².